The first kappa shape index (κ1) is 15.1. The van der Waals surface area contributed by atoms with Crippen LogP contribution in [0.5, 0.6) is 0 Å². The van der Waals surface area contributed by atoms with E-state index in [4.69, 9.17) is 4.42 Å². The number of benzene rings is 1. The van der Waals surface area contributed by atoms with Crippen molar-refractivity contribution >= 4 is 11.0 Å². The molecular formula is C17H26N2O. The van der Waals surface area contributed by atoms with E-state index < -0.39 is 0 Å². The van der Waals surface area contributed by atoms with Gasteiger partial charge in [-0.05, 0) is 39.4 Å². The average molecular weight is 274 g/mol. The molecule has 2 aromatic rings. The standard InChI is InChI=1S/C17H26N2O/c1-5-13(2)19(4)11-10-18-14(3)17-12-15-8-6-7-9-16(15)20-17/h6-9,12-14,18H,5,10-11H2,1-4H3. The number of likely N-dealkylation sites (N-methyl/N-ethyl adjacent to an activating group) is 1. The van der Waals surface area contributed by atoms with Gasteiger partial charge < -0.3 is 14.6 Å². The van der Waals surface area contributed by atoms with E-state index in [1.54, 1.807) is 0 Å². The number of para-hydroxylation sites is 1. The molecule has 0 fully saturated rings. The van der Waals surface area contributed by atoms with E-state index in [9.17, 15) is 0 Å². The highest BCUT2D eigenvalue weighted by Crippen LogP contribution is 2.23. The minimum absolute atomic E-state index is 0.243. The fourth-order valence-corrected chi connectivity index (χ4v) is 2.31. The lowest BCUT2D eigenvalue weighted by molar-refractivity contribution is 0.247. The van der Waals surface area contributed by atoms with E-state index in [1.807, 2.05) is 18.2 Å². The minimum atomic E-state index is 0.243. The van der Waals surface area contributed by atoms with Crippen LogP contribution in [-0.2, 0) is 0 Å². The Bertz CT molecular complexity index is 502. The van der Waals surface area contributed by atoms with Gasteiger partial charge in [-0.3, -0.25) is 0 Å². The fraction of sp³-hybridized carbons (Fsp3) is 0.529. The first-order chi connectivity index (χ1) is 9.61. The molecule has 0 spiro atoms. The van der Waals surface area contributed by atoms with Gasteiger partial charge in [0.1, 0.15) is 11.3 Å². The van der Waals surface area contributed by atoms with Crippen molar-refractivity contribution in [2.45, 2.75) is 39.3 Å². The van der Waals surface area contributed by atoms with E-state index >= 15 is 0 Å². The third-order valence-electron chi connectivity index (χ3n) is 4.13. The second-order valence-corrected chi connectivity index (χ2v) is 5.60. The molecule has 0 aliphatic carbocycles. The Morgan fingerprint density at radius 3 is 2.70 bits per heavy atom. The number of nitrogens with zero attached hydrogens (tertiary/aromatic N) is 1. The Morgan fingerprint density at radius 2 is 2.00 bits per heavy atom. The summed E-state index contributed by atoms with van der Waals surface area (Å²) in [6.07, 6.45) is 1.19. The molecular weight excluding hydrogens is 248 g/mol. The third-order valence-corrected chi connectivity index (χ3v) is 4.13. The van der Waals surface area contributed by atoms with Gasteiger partial charge in [-0.25, -0.2) is 0 Å². The summed E-state index contributed by atoms with van der Waals surface area (Å²) in [6, 6.07) is 11.2. The van der Waals surface area contributed by atoms with Crippen molar-refractivity contribution in [3.63, 3.8) is 0 Å². The van der Waals surface area contributed by atoms with Crippen molar-refractivity contribution in [1.29, 1.82) is 0 Å². The molecule has 1 heterocycles. The Kier molecular flexibility index (Phi) is 5.21. The molecule has 110 valence electrons. The molecule has 3 heteroatoms. The summed E-state index contributed by atoms with van der Waals surface area (Å²) < 4.78 is 5.88. The summed E-state index contributed by atoms with van der Waals surface area (Å²) in [4.78, 5) is 2.39. The molecule has 1 N–H and O–H groups in total. The Balaban J connectivity index is 1.87. The lowest BCUT2D eigenvalue weighted by Gasteiger charge is -2.24. The van der Waals surface area contributed by atoms with Crippen molar-refractivity contribution in [2.75, 3.05) is 20.1 Å². The van der Waals surface area contributed by atoms with E-state index in [-0.39, 0.29) is 6.04 Å². The van der Waals surface area contributed by atoms with Crippen LogP contribution in [0.3, 0.4) is 0 Å². The maximum atomic E-state index is 5.88. The molecule has 0 aliphatic heterocycles. The van der Waals surface area contributed by atoms with E-state index in [0.29, 0.717) is 6.04 Å². The van der Waals surface area contributed by atoms with Gasteiger partial charge >= 0.3 is 0 Å². The predicted molar refractivity (Wildman–Crippen MR) is 85.0 cm³/mol. The van der Waals surface area contributed by atoms with Crippen LogP contribution in [0.2, 0.25) is 0 Å². The Hall–Kier alpha value is -1.32. The van der Waals surface area contributed by atoms with Crippen LogP contribution in [0.4, 0.5) is 0 Å². The van der Waals surface area contributed by atoms with Crippen molar-refractivity contribution < 1.29 is 4.42 Å². The van der Waals surface area contributed by atoms with Crippen LogP contribution in [0.15, 0.2) is 34.7 Å². The lowest BCUT2D eigenvalue weighted by Crippen LogP contribution is -2.35. The minimum Gasteiger partial charge on any atom is -0.459 e. The number of hydrogen-bond acceptors (Lipinski definition) is 3. The molecule has 1 aromatic carbocycles. The molecule has 2 atom stereocenters. The smallest absolute Gasteiger partial charge is 0.134 e. The van der Waals surface area contributed by atoms with Gasteiger partial charge in [0, 0.05) is 24.5 Å². The van der Waals surface area contributed by atoms with Gasteiger partial charge in [0.05, 0.1) is 6.04 Å². The average Bonchev–Trinajstić information content (AvgIpc) is 2.90. The zero-order chi connectivity index (χ0) is 14.5. The number of fused-ring (bicyclic) bond motifs is 1. The largest absolute Gasteiger partial charge is 0.459 e. The number of furan rings is 1. The topological polar surface area (TPSA) is 28.4 Å². The highest BCUT2D eigenvalue weighted by atomic mass is 16.3. The molecule has 0 radical (unpaired) electrons. The van der Waals surface area contributed by atoms with Crippen LogP contribution in [0.25, 0.3) is 11.0 Å². The summed E-state index contributed by atoms with van der Waals surface area (Å²) in [6.45, 7) is 8.67. The van der Waals surface area contributed by atoms with Crippen molar-refractivity contribution in [3.05, 3.63) is 36.1 Å². The highest BCUT2D eigenvalue weighted by Gasteiger charge is 2.12. The summed E-state index contributed by atoms with van der Waals surface area (Å²) in [5, 5.41) is 4.71. The van der Waals surface area contributed by atoms with Crippen LogP contribution < -0.4 is 5.32 Å². The second-order valence-electron chi connectivity index (χ2n) is 5.60. The van der Waals surface area contributed by atoms with E-state index in [2.05, 4.69) is 50.2 Å². The zero-order valence-corrected chi connectivity index (χ0v) is 13.0. The van der Waals surface area contributed by atoms with Crippen molar-refractivity contribution in [1.82, 2.24) is 10.2 Å². The molecule has 0 aliphatic rings. The Morgan fingerprint density at radius 1 is 1.25 bits per heavy atom. The zero-order valence-electron chi connectivity index (χ0n) is 13.0. The molecule has 2 rings (SSSR count). The molecule has 20 heavy (non-hydrogen) atoms. The second kappa shape index (κ2) is 6.91. The van der Waals surface area contributed by atoms with Crippen LogP contribution in [0, 0.1) is 0 Å². The van der Waals surface area contributed by atoms with E-state index in [0.717, 1.165) is 24.4 Å². The molecule has 1 aromatic heterocycles. The molecule has 3 nitrogen and oxygen atoms in total. The fourth-order valence-electron chi connectivity index (χ4n) is 2.31. The quantitative estimate of drug-likeness (QED) is 0.832. The molecule has 0 bridgehead atoms. The van der Waals surface area contributed by atoms with Gasteiger partial charge in [-0.2, -0.15) is 0 Å². The van der Waals surface area contributed by atoms with Crippen molar-refractivity contribution in [2.24, 2.45) is 0 Å². The normalized spacial score (nSPS) is 14.8. The summed E-state index contributed by atoms with van der Waals surface area (Å²) in [7, 11) is 2.18. The van der Waals surface area contributed by atoms with Crippen LogP contribution >= 0.6 is 0 Å². The van der Waals surface area contributed by atoms with Gasteiger partial charge in [-0.15, -0.1) is 0 Å². The molecule has 0 amide bonds. The first-order valence-electron chi connectivity index (χ1n) is 7.54. The van der Waals surface area contributed by atoms with Crippen LogP contribution in [-0.4, -0.2) is 31.1 Å². The van der Waals surface area contributed by atoms with Crippen molar-refractivity contribution in [3.8, 4) is 0 Å². The number of nitrogens with one attached hydrogen (secondary N) is 1. The summed E-state index contributed by atoms with van der Waals surface area (Å²) in [5.74, 6) is 1.01. The van der Waals surface area contributed by atoms with Gasteiger partial charge in [-0.1, -0.05) is 25.1 Å². The summed E-state index contributed by atoms with van der Waals surface area (Å²) >= 11 is 0. The maximum absolute atomic E-state index is 5.88. The number of rotatable bonds is 7. The molecule has 0 saturated carbocycles. The summed E-state index contributed by atoms with van der Waals surface area (Å²) in [5.41, 5.74) is 0.966. The number of hydrogen-bond donors (Lipinski definition) is 1. The van der Waals surface area contributed by atoms with Crippen LogP contribution in [0.1, 0.15) is 39.0 Å². The van der Waals surface area contributed by atoms with Gasteiger partial charge in [0.25, 0.3) is 0 Å². The van der Waals surface area contributed by atoms with E-state index in [1.165, 1.54) is 11.8 Å². The lowest BCUT2D eigenvalue weighted by atomic mass is 10.2. The van der Waals surface area contributed by atoms with Gasteiger partial charge in [0.2, 0.25) is 0 Å². The molecule has 0 saturated heterocycles. The SMILES string of the molecule is CCC(C)N(C)CCNC(C)c1cc2ccccc2o1. The third kappa shape index (κ3) is 3.62. The van der Waals surface area contributed by atoms with Gasteiger partial charge in [0.15, 0.2) is 0 Å². The maximum Gasteiger partial charge on any atom is 0.134 e. The highest BCUT2D eigenvalue weighted by molar-refractivity contribution is 5.77. The first-order valence-corrected chi connectivity index (χ1v) is 7.54. The monoisotopic (exact) mass is 274 g/mol. The predicted octanol–water partition coefficient (Wildman–Crippen LogP) is 3.81. The molecule has 2 unspecified atom stereocenters. The Labute approximate surface area is 122 Å².